The van der Waals surface area contributed by atoms with Crippen LogP contribution < -0.4 is 5.32 Å². The van der Waals surface area contributed by atoms with Crippen molar-refractivity contribution in [1.82, 2.24) is 5.32 Å². The maximum atomic E-state index is 12.0. The second kappa shape index (κ2) is 7.53. The molecular formula is C19H16ClNOS. The van der Waals surface area contributed by atoms with E-state index in [2.05, 4.69) is 35.6 Å². The van der Waals surface area contributed by atoms with Gasteiger partial charge in [-0.2, -0.15) is 0 Å². The molecule has 0 saturated heterocycles. The van der Waals surface area contributed by atoms with Crippen LogP contribution in [0.5, 0.6) is 0 Å². The summed E-state index contributed by atoms with van der Waals surface area (Å²) in [5.41, 5.74) is 1.11. The van der Waals surface area contributed by atoms with Crippen LogP contribution in [0.3, 0.4) is 0 Å². The maximum Gasteiger partial charge on any atom is 0.230 e. The van der Waals surface area contributed by atoms with Gasteiger partial charge in [0.15, 0.2) is 0 Å². The zero-order valence-electron chi connectivity index (χ0n) is 12.5. The maximum absolute atomic E-state index is 12.0. The van der Waals surface area contributed by atoms with Crippen molar-refractivity contribution in [2.75, 3.05) is 5.75 Å². The van der Waals surface area contributed by atoms with Crippen molar-refractivity contribution in [2.45, 2.75) is 11.4 Å². The highest BCUT2D eigenvalue weighted by Gasteiger charge is 2.03. The fraction of sp³-hybridized carbons (Fsp3) is 0.105. The molecule has 1 amide bonds. The highest BCUT2D eigenvalue weighted by atomic mass is 35.5. The van der Waals surface area contributed by atoms with Crippen molar-refractivity contribution in [3.05, 3.63) is 77.3 Å². The summed E-state index contributed by atoms with van der Waals surface area (Å²) in [6, 6.07) is 22.0. The third-order valence-electron chi connectivity index (χ3n) is 3.49. The number of halogens is 1. The molecule has 3 rings (SSSR count). The van der Waals surface area contributed by atoms with Gasteiger partial charge in [-0.25, -0.2) is 0 Å². The van der Waals surface area contributed by atoms with Crippen LogP contribution in [0.2, 0.25) is 5.02 Å². The van der Waals surface area contributed by atoms with Gasteiger partial charge in [-0.15, -0.1) is 11.8 Å². The Morgan fingerprint density at radius 3 is 2.48 bits per heavy atom. The number of nitrogens with one attached hydrogen (secondary N) is 1. The fourth-order valence-electron chi connectivity index (χ4n) is 2.28. The average molecular weight is 342 g/mol. The molecule has 0 unspecified atom stereocenters. The molecule has 0 fully saturated rings. The minimum Gasteiger partial charge on any atom is -0.351 e. The lowest BCUT2D eigenvalue weighted by Crippen LogP contribution is -2.24. The van der Waals surface area contributed by atoms with Gasteiger partial charge in [-0.05, 0) is 46.7 Å². The van der Waals surface area contributed by atoms with Gasteiger partial charge in [0, 0.05) is 16.5 Å². The van der Waals surface area contributed by atoms with Gasteiger partial charge in [0.25, 0.3) is 0 Å². The topological polar surface area (TPSA) is 29.1 Å². The molecule has 0 bridgehead atoms. The summed E-state index contributed by atoms with van der Waals surface area (Å²) in [7, 11) is 0. The monoisotopic (exact) mass is 341 g/mol. The molecule has 2 nitrogen and oxygen atoms in total. The first-order chi connectivity index (χ1) is 11.2. The van der Waals surface area contributed by atoms with E-state index in [1.165, 1.54) is 22.5 Å². The van der Waals surface area contributed by atoms with Gasteiger partial charge in [-0.3, -0.25) is 4.79 Å². The highest BCUT2D eigenvalue weighted by Crippen LogP contribution is 2.20. The molecule has 0 aliphatic carbocycles. The number of hydrogen-bond donors (Lipinski definition) is 1. The van der Waals surface area contributed by atoms with E-state index in [0.29, 0.717) is 17.3 Å². The van der Waals surface area contributed by atoms with Crippen LogP contribution >= 0.6 is 23.4 Å². The Labute approximate surface area is 144 Å². The molecule has 0 aromatic heterocycles. The van der Waals surface area contributed by atoms with Gasteiger partial charge < -0.3 is 5.32 Å². The molecule has 0 heterocycles. The summed E-state index contributed by atoms with van der Waals surface area (Å²) in [5, 5.41) is 6.06. The second-order valence-electron chi connectivity index (χ2n) is 5.20. The molecule has 23 heavy (non-hydrogen) atoms. The van der Waals surface area contributed by atoms with Crippen LogP contribution in [0.1, 0.15) is 5.56 Å². The summed E-state index contributed by atoms with van der Waals surface area (Å²) in [4.78, 5) is 13.0. The Balaban J connectivity index is 1.52. The molecule has 0 radical (unpaired) electrons. The van der Waals surface area contributed by atoms with Crippen LogP contribution in [0.4, 0.5) is 0 Å². The molecule has 0 saturated carbocycles. The lowest BCUT2D eigenvalue weighted by Gasteiger charge is -2.07. The number of carbonyl (C=O) groups excluding carboxylic acids is 1. The molecule has 0 spiro atoms. The molecule has 3 aromatic rings. The molecule has 0 atom stereocenters. The lowest BCUT2D eigenvalue weighted by atomic mass is 10.1. The average Bonchev–Trinajstić information content (AvgIpc) is 2.59. The second-order valence-corrected chi connectivity index (χ2v) is 6.69. The van der Waals surface area contributed by atoms with E-state index >= 15 is 0 Å². The zero-order valence-corrected chi connectivity index (χ0v) is 14.0. The van der Waals surface area contributed by atoms with Gasteiger partial charge >= 0.3 is 0 Å². The van der Waals surface area contributed by atoms with Gasteiger partial charge in [0.05, 0.1) is 5.75 Å². The third-order valence-corrected chi connectivity index (χ3v) is 4.75. The Kier molecular flexibility index (Phi) is 5.21. The molecular weight excluding hydrogens is 326 g/mol. The van der Waals surface area contributed by atoms with Crippen LogP contribution in [0, 0.1) is 0 Å². The van der Waals surface area contributed by atoms with Crippen LogP contribution in [-0.4, -0.2) is 11.7 Å². The predicted octanol–water partition coefficient (Wildman–Crippen LogP) is 4.90. The van der Waals surface area contributed by atoms with Crippen molar-refractivity contribution in [2.24, 2.45) is 0 Å². The van der Waals surface area contributed by atoms with Gasteiger partial charge in [0.1, 0.15) is 0 Å². The number of rotatable bonds is 5. The summed E-state index contributed by atoms with van der Waals surface area (Å²) < 4.78 is 0. The molecule has 3 aromatic carbocycles. The van der Waals surface area contributed by atoms with E-state index in [-0.39, 0.29) is 5.91 Å². The number of amides is 1. The zero-order chi connectivity index (χ0) is 16.1. The van der Waals surface area contributed by atoms with Crippen molar-refractivity contribution < 1.29 is 4.79 Å². The van der Waals surface area contributed by atoms with Gasteiger partial charge in [-0.1, -0.05) is 48.0 Å². The smallest absolute Gasteiger partial charge is 0.230 e. The number of thioether (sulfide) groups is 1. The molecule has 0 aliphatic heterocycles. The first-order valence-electron chi connectivity index (χ1n) is 7.33. The summed E-state index contributed by atoms with van der Waals surface area (Å²) in [6.07, 6.45) is 0. The Morgan fingerprint density at radius 2 is 1.70 bits per heavy atom. The fourth-order valence-corrected chi connectivity index (χ4v) is 3.13. The molecule has 1 N–H and O–H groups in total. The van der Waals surface area contributed by atoms with E-state index in [0.717, 1.165) is 10.5 Å². The minimum absolute atomic E-state index is 0.0260. The van der Waals surface area contributed by atoms with Gasteiger partial charge in [0.2, 0.25) is 5.91 Å². The Hall–Kier alpha value is -1.97. The van der Waals surface area contributed by atoms with Crippen molar-refractivity contribution in [3.8, 4) is 0 Å². The van der Waals surface area contributed by atoms with E-state index < -0.39 is 0 Å². The normalized spacial score (nSPS) is 10.7. The van der Waals surface area contributed by atoms with E-state index in [9.17, 15) is 4.79 Å². The number of fused-ring (bicyclic) bond motifs is 1. The van der Waals surface area contributed by atoms with Crippen molar-refractivity contribution in [3.63, 3.8) is 0 Å². The summed E-state index contributed by atoms with van der Waals surface area (Å²) in [6.45, 7) is 0.546. The molecule has 116 valence electrons. The largest absolute Gasteiger partial charge is 0.351 e. The Morgan fingerprint density at radius 1 is 0.957 bits per heavy atom. The number of hydrogen-bond acceptors (Lipinski definition) is 2. The van der Waals surface area contributed by atoms with Crippen LogP contribution in [0.15, 0.2) is 71.6 Å². The molecule has 0 aliphatic rings. The van der Waals surface area contributed by atoms with E-state index in [1.807, 2.05) is 36.4 Å². The van der Waals surface area contributed by atoms with E-state index in [1.54, 1.807) is 0 Å². The Bertz CT molecular complexity index is 817. The summed E-state index contributed by atoms with van der Waals surface area (Å²) in [5.74, 6) is 0.424. The first-order valence-corrected chi connectivity index (χ1v) is 8.70. The highest BCUT2D eigenvalue weighted by molar-refractivity contribution is 8.00. The predicted molar refractivity (Wildman–Crippen MR) is 98.0 cm³/mol. The quantitative estimate of drug-likeness (QED) is 0.668. The SMILES string of the molecule is O=C(CSc1ccc(Cl)cc1)NCc1ccc2ccccc2c1. The van der Waals surface area contributed by atoms with Crippen molar-refractivity contribution in [1.29, 1.82) is 0 Å². The number of carbonyl (C=O) groups is 1. The van der Waals surface area contributed by atoms with Crippen LogP contribution in [-0.2, 0) is 11.3 Å². The molecule has 4 heteroatoms. The third kappa shape index (κ3) is 4.50. The minimum atomic E-state index is 0.0260. The first kappa shape index (κ1) is 15.9. The van der Waals surface area contributed by atoms with Crippen molar-refractivity contribution >= 4 is 40.0 Å². The van der Waals surface area contributed by atoms with E-state index in [4.69, 9.17) is 11.6 Å². The van der Waals surface area contributed by atoms with Crippen LogP contribution in [0.25, 0.3) is 10.8 Å². The number of benzene rings is 3. The standard InChI is InChI=1S/C19H16ClNOS/c20-17-7-9-18(10-8-17)23-13-19(22)21-12-14-5-6-15-3-1-2-4-16(15)11-14/h1-11H,12-13H2,(H,21,22). The summed E-state index contributed by atoms with van der Waals surface area (Å²) >= 11 is 7.35. The lowest BCUT2D eigenvalue weighted by molar-refractivity contribution is -0.118.